The Labute approximate surface area is 194 Å². The molecule has 0 aromatic heterocycles. The van der Waals surface area contributed by atoms with E-state index < -0.39 is 10.0 Å². The minimum Gasteiger partial charge on any atom is -0.497 e. The number of rotatable bonds is 9. The summed E-state index contributed by atoms with van der Waals surface area (Å²) < 4.78 is 37.8. The molecule has 1 N–H and O–H groups in total. The van der Waals surface area contributed by atoms with Gasteiger partial charge in [0.05, 0.1) is 18.9 Å². The molecule has 3 rings (SSSR count). The summed E-state index contributed by atoms with van der Waals surface area (Å²) in [5.74, 6) is 1.08. The maximum Gasteiger partial charge on any atom is 0.223 e. The molecular formula is C23H29ClN2O5S. The highest BCUT2D eigenvalue weighted by Gasteiger charge is 2.31. The van der Waals surface area contributed by atoms with E-state index in [1.807, 2.05) is 31.2 Å². The lowest BCUT2D eigenvalue weighted by Gasteiger charge is -2.31. The summed E-state index contributed by atoms with van der Waals surface area (Å²) in [6, 6.07) is 13.9. The van der Waals surface area contributed by atoms with Crippen LogP contribution in [0.4, 0.5) is 0 Å². The minimum atomic E-state index is -3.46. The molecule has 0 unspecified atom stereocenters. The first kappa shape index (κ1) is 24.4. The van der Waals surface area contributed by atoms with Crippen molar-refractivity contribution in [1.29, 1.82) is 0 Å². The molecule has 1 fully saturated rings. The van der Waals surface area contributed by atoms with Gasteiger partial charge in [0.2, 0.25) is 15.9 Å². The zero-order valence-corrected chi connectivity index (χ0v) is 19.9. The minimum absolute atomic E-state index is 0.0669. The lowest BCUT2D eigenvalue weighted by atomic mass is 9.97. The number of carbonyl (C=O) groups excluding carboxylic acids is 1. The fraction of sp³-hybridized carbons (Fsp3) is 0.435. The van der Waals surface area contributed by atoms with Crippen LogP contribution in [-0.4, -0.2) is 51.5 Å². The fourth-order valence-corrected chi connectivity index (χ4v) is 5.38. The van der Waals surface area contributed by atoms with Crippen molar-refractivity contribution < 1.29 is 22.7 Å². The molecule has 2 aromatic rings. The van der Waals surface area contributed by atoms with E-state index in [1.54, 1.807) is 31.4 Å². The number of benzene rings is 2. The van der Waals surface area contributed by atoms with E-state index in [0.717, 1.165) is 5.75 Å². The predicted molar refractivity (Wildman–Crippen MR) is 124 cm³/mol. The SMILES string of the molecule is COc1ccc(OC[C@@H](C)NC(=O)C2CCN(S(=O)(=O)Cc3cccc(Cl)c3)CC2)cc1. The van der Waals surface area contributed by atoms with Gasteiger partial charge in [0.15, 0.2) is 0 Å². The smallest absolute Gasteiger partial charge is 0.223 e. The first-order valence-electron chi connectivity index (χ1n) is 10.6. The van der Waals surface area contributed by atoms with Gasteiger partial charge >= 0.3 is 0 Å². The van der Waals surface area contributed by atoms with Crippen LogP contribution in [0.2, 0.25) is 5.02 Å². The van der Waals surface area contributed by atoms with Gasteiger partial charge in [0, 0.05) is 24.0 Å². The summed E-state index contributed by atoms with van der Waals surface area (Å²) in [5, 5.41) is 3.48. The molecular weight excluding hydrogens is 452 g/mol. The van der Waals surface area contributed by atoms with Crippen LogP contribution in [0.15, 0.2) is 48.5 Å². The highest BCUT2D eigenvalue weighted by Crippen LogP contribution is 2.23. The summed E-state index contributed by atoms with van der Waals surface area (Å²) in [6.45, 7) is 2.88. The molecule has 0 saturated carbocycles. The van der Waals surface area contributed by atoms with Crippen LogP contribution < -0.4 is 14.8 Å². The molecule has 0 spiro atoms. The summed E-state index contributed by atoms with van der Waals surface area (Å²) in [7, 11) is -1.85. The Morgan fingerprint density at radius 3 is 2.44 bits per heavy atom. The topological polar surface area (TPSA) is 84.9 Å². The summed E-state index contributed by atoms with van der Waals surface area (Å²) in [4.78, 5) is 12.6. The third kappa shape index (κ3) is 6.85. The van der Waals surface area contributed by atoms with Crippen molar-refractivity contribution in [2.24, 2.45) is 5.92 Å². The number of halogens is 1. The zero-order valence-electron chi connectivity index (χ0n) is 18.3. The number of ether oxygens (including phenoxy) is 2. The molecule has 174 valence electrons. The predicted octanol–water partition coefficient (Wildman–Crippen LogP) is 3.47. The Kier molecular flexibility index (Phi) is 8.39. The number of carbonyl (C=O) groups is 1. The van der Waals surface area contributed by atoms with E-state index in [-0.39, 0.29) is 23.6 Å². The van der Waals surface area contributed by atoms with Gasteiger partial charge in [-0.2, -0.15) is 0 Å². The maximum absolute atomic E-state index is 12.7. The first-order valence-corrected chi connectivity index (χ1v) is 12.5. The Hall–Kier alpha value is -2.29. The van der Waals surface area contributed by atoms with Crippen LogP contribution in [0.5, 0.6) is 11.5 Å². The van der Waals surface area contributed by atoms with Gasteiger partial charge in [-0.1, -0.05) is 23.7 Å². The van der Waals surface area contributed by atoms with Gasteiger partial charge in [-0.05, 0) is 61.7 Å². The highest BCUT2D eigenvalue weighted by molar-refractivity contribution is 7.88. The maximum atomic E-state index is 12.7. The molecule has 1 aliphatic rings. The second kappa shape index (κ2) is 11.0. The molecule has 0 bridgehead atoms. The van der Waals surface area contributed by atoms with Crippen molar-refractivity contribution in [2.45, 2.75) is 31.6 Å². The largest absolute Gasteiger partial charge is 0.497 e. The monoisotopic (exact) mass is 480 g/mol. The molecule has 1 heterocycles. The van der Waals surface area contributed by atoms with Crippen LogP contribution in [0.3, 0.4) is 0 Å². The number of hydrogen-bond acceptors (Lipinski definition) is 5. The van der Waals surface area contributed by atoms with E-state index in [0.29, 0.717) is 48.9 Å². The molecule has 1 saturated heterocycles. The Morgan fingerprint density at radius 1 is 1.16 bits per heavy atom. The van der Waals surface area contributed by atoms with E-state index in [9.17, 15) is 13.2 Å². The van der Waals surface area contributed by atoms with Crippen LogP contribution in [0.25, 0.3) is 0 Å². The van der Waals surface area contributed by atoms with Crippen LogP contribution in [-0.2, 0) is 20.6 Å². The van der Waals surface area contributed by atoms with Gasteiger partial charge in [-0.3, -0.25) is 4.79 Å². The third-order valence-electron chi connectivity index (χ3n) is 5.40. The number of amides is 1. The average molecular weight is 481 g/mol. The zero-order chi connectivity index (χ0) is 23.1. The lowest BCUT2D eigenvalue weighted by Crippen LogP contribution is -2.46. The number of hydrogen-bond donors (Lipinski definition) is 1. The number of nitrogens with one attached hydrogen (secondary N) is 1. The highest BCUT2D eigenvalue weighted by atomic mass is 35.5. The van der Waals surface area contributed by atoms with Crippen LogP contribution >= 0.6 is 11.6 Å². The van der Waals surface area contributed by atoms with Crippen molar-refractivity contribution in [2.75, 3.05) is 26.8 Å². The normalized spacial score (nSPS) is 16.3. The Bertz CT molecular complexity index is 1010. The van der Waals surface area contributed by atoms with Gasteiger partial charge < -0.3 is 14.8 Å². The Morgan fingerprint density at radius 2 is 1.81 bits per heavy atom. The van der Waals surface area contributed by atoms with Crippen molar-refractivity contribution in [3.63, 3.8) is 0 Å². The lowest BCUT2D eigenvalue weighted by molar-refractivity contribution is -0.126. The van der Waals surface area contributed by atoms with Crippen molar-refractivity contribution in [1.82, 2.24) is 9.62 Å². The molecule has 32 heavy (non-hydrogen) atoms. The number of sulfonamides is 1. The fourth-order valence-electron chi connectivity index (χ4n) is 3.62. The number of nitrogens with zero attached hydrogens (tertiary/aromatic N) is 1. The standard InChI is InChI=1S/C23H29ClN2O5S/c1-17(15-31-22-8-6-21(30-2)7-9-22)25-23(27)19-10-12-26(13-11-19)32(28,29)16-18-4-3-5-20(24)14-18/h3-9,14,17,19H,10-13,15-16H2,1-2H3,(H,25,27)/t17-/m1/s1. The second-order valence-corrected chi connectivity index (χ2v) is 10.4. The molecule has 2 aromatic carbocycles. The van der Waals surface area contributed by atoms with E-state index >= 15 is 0 Å². The van der Waals surface area contributed by atoms with E-state index in [4.69, 9.17) is 21.1 Å². The summed E-state index contributed by atoms with van der Waals surface area (Å²) in [6.07, 6.45) is 0.985. The molecule has 0 radical (unpaired) electrons. The number of methoxy groups -OCH3 is 1. The van der Waals surface area contributed by atoms with Crippen molar-refractivity contribution in [3.8, 4) is 11.5 Å². The van der Waals surface area contributed by atoms with Gasteiger partial charge in [-0.15, -0.1) is 0 Å². The third-order valence-corrected chi connectivity index (χ3v) is 7.49. The number of piperidine rings is 1. The van der Waals surface area contributed by atoms with E-state index in [2.05, 4.69) is 5.32 Å². The van der Waals surface area contributed by atoms with Crippen LogP contribution in [0.1, 0.15) is 25.3 Å². The molecule has 1 atom stereocenters. The molecule has 7 nitrogen and oxygen atoms in total. The molecule has 0 aliphatic carbocycles. The molecule has 9 heteroatoms. The van der Waals surface area contributed by atoms with Gasteiger partial charge in [-0.25, -0.2) is 12.7 Å². The van der Waals surface area contributed by atoms with Gasteiger partial charge in [0.1, 0.15) is 18.1 Å². The first-order chi connectivity index (χ1) is 15.3. The average Bonchev–Trinajstić information content (AvgIpc) is 2.78. The van der Waals surface area contributed by atoms with Crippen LogP contribution in [0, 0.1) is 5.92 Å². The Balaban J connectivity index is 1.44. The second-order valence-electron chi connectivity index (χ2n) is 7.96. The molecule has 1 aliphatic heterocycles. The van der Waals surface area contributed by atoms with Gasteiger partial charge in [0.25, 0.3) is 0 Å². The van der Waals surface area contributed by atoms with E-state index in [1.165, 1.54) is 4.31 Å². The van der Waals surface area contributed by atoms with Crippen molar-refractivity contribution >= 4 is 27.5 Å². The quantitative estimate of drug-likeness (QED) is 0.594. The molecule has 1 amide bonds. The summed E-state index contributed by atoms with van der Waals surface area (Å²) >= 11 is 5.96. The summed E-state index contributed by atoms with van der Waals surface area (Å²) in [5.41, 5.74) is 0.656. The van der Waals surface area contributed by atoms with Crippen molar-refractivity contribution in [3.05, 3.63) is 59.1 Å².